The maximum absolute atomic E-state index is 12.7. The van der Waals surface area contributed by atoms with E-state index in [2.05, 4.69) is 11.1 Å². The molecule has 25 heavy (non-hydrogen) atoms. The van der Waals surface area contributed by atoms with E-state index >= 15 is 0 Å². The number of hydrogen-bond acceptors (Lipinski definition) is 5. The molecule has 0 aliphatic carbocycles. The Morgan fingerprint density at radius 3 is 2.72 bits per heavy atom. The molecule has 0 saturated heterocycles. The minimum absolute atomic E-state index is 0.160. The second-order valence-corrected chi connectivity index (χ2v) is 7.05. The minimum Gasteiger partial charge on any atom is -0.297 e. The number of aromatic nitrogens is 2. The maximum Gasteiger partial charge on any atom is 0.271 e. The Kier molecular flexibility index (Phi) is 5.14. The van der Waals surface area contributed by atoms with Crippen molar-refractivity contribution in [1.82, 2.24) is 9.55 Å². The Labute approximate surface area is 153 Å². The lowest BCUT2D eigenvalue weighted by Gasteiger charge is -2.08. The second-order valence-electron chi connectivity index (χ2n) is 5.56. The molecule has 0 aliphatic rings. The quantitative estimate of drug-likeness (QED) is 0.674. The zero-order valence-electron chi connectivity index (χ0n) is 13.1. The van der Waals surface area contributed by atoms with Crippen molar-refractivity contribution in [3.63, 3.8) is 0 Å². The average Bonchev–Trinajstić information content (AvgIpc) is 3.06. The summed E-state index contributed by atoms with van der Waals surface area (Å²) in [6.07, 6.45) is 2.21. The van der Waals surface area contributed by atoms with Crippen LogP contribution in [0.2, 0.25) is 5.02 Å². The first-order valence-corrected chi connectivity index (χ1v) is 8.83. The van der Waals surface area contributed by atoms with Crippen molar-refractivity contribution in [2.24, 2.45) is 5.92 Å². The van der Waals surface area contributed by atoms with Crippen molar-refractivity contribution in [1.29, 1.82) is 10.5 Å². The van der Waals surface area contributed by atoms with Gasteiger partial charge in [0.1, 0.15) is 4.70 Å². The Morgan fingerprint density at radius 1 is 1.28 bits per heavy atom. The number of hydrogen-bond donors (Lipinski definition) is 0. The van der Waals surface area contributed by atoms with Crippen molar-refractivity contribution in [3.05, 3.63) is 52.0 Å². The zero-order chi connectivity index (χ0) is 17.8. The summed E-state index contributed by atoms with van der Waals surface area (Å²) in [5.41, 5.74) is 1.46. The van der Waals surface area contributed by atoms with Crippen LogP contribution in [0.1, 0.15) is 12.8 Å². The average molecular weight is 369 g/mol. The molecule has 3 aromatic rings. The van der Waals surface area contributed by atoms with Crippen molar-refractivity contribution in [3.8, 4) is 22.6 Å². The van der Waals surface area contributed by atoms with Crippen LogP contribution in [0, 0.1) is 28.6 Å². The third kappa shape index (κ3) is 3.71. The Bertz CT molecular complexity index is 1040. The lowest BCUT2D eigenvalue weighted by atomic mass is 10.1. The second kappa shape index (κ2) is 7.48. The lowest BCUT2D eigenvalue weighted by Crippen LogP contribution is -2.23. The van der Waals surface area contributed by atoms with Crippen LogP contribution in [0.5, 0.6) is 0 Å². The van der Waals surface area contributed by atoms with Gasteiger partial charge in [0, 0.05) is 22.9 Å². The Balaban J connectivity index is 1.95. The molecule has 2 heterocycles. The van der Waals surface area contributed by atoms with E-state index in [0.29, 0.717) is 28.1 Å². The molecule has 0 bridgehead atoms. The molecule has 0 fully saturated rings. The molecule has 124 valence electrons. The van der Waals surface area contributed by atoms with Gasteiger partial charge in [-0.25, -0.2) is 4.98 Å². The molecular formula is C18H13ClN4OS. The fourth-order valence-electron chi connectivity index (χ4n) is 2.50. The van der Waals surface area contributed by atoms with Crippen molar-refractivity contribution in [2.45, 2.75) is 19.4 Å². The van der Waals surface area contributed by atoms with E-state index in [-0.39, 0.29) is 18.0 Å². The van der Waals surface area contributed by atoms with Gasteiger partial charge in [-0.3, -0.25) is 9.36 Å². The largest absolute Gasteiger partial charge is 0.297 e. The predicted octanol–water partition coefficient (Wildman–Crippen LogP) is 4.22. The third-order valence-corrected chi connectivity index (χ3v) is 5.25. The van der Waals surface area contributed by atoms with Gasteiger partial charge in [0.25, 0.3) is 5.56 Å². The van der Waals surface area contributed by atoms with Gasteiger partial charge in [0.05, 0.1) is 29.9 Å². The van der Waals surface area contributed by atoms with Crippen molar-refractivity contribution >= 4 is 33.2 Å². The Hall–Kier alpha value is -2.67. The van der Waals surface area contributed by atoms with Gasteiger partial charge in [0.15, 0.2) is 0 Å². The van der Waals surface area contributed by atoms with E-state index in [4.69, 9.17) is 16.9 Å². The monoisotopic (exact) mass is 368 g/mol. The first kappa shape index (κ1) is 17.2. The fourth-order valence-corrected chi connectivity index (χ4v) is 3.70. The first-order chi connectivity index (χ1) is 12.1. The number of nitriles is 2. The smallest absolute Gasteiger partial charge is 0.271 e. The van der Waals surface area contributed by atoms with Crippen LogP contribution < -0.4 is 5.56 Å². The van der Waals surface area contributed by atoms with Gasteiger partial charge in [-0.15, -0.1) is 11.3 Å². The molecule has 0 spiro atoms. The van der Waals surface area contributed by atoms with E-state index in [0.717, 1.165) is 10.4 Å². The third-order valence-electron chi connectivity index (χ3n) is 3.84. The van der Waals surface area contributed by atoms with Crippen LogP contribution >= 0.6 is 22.9 Å². The van der Waals surface area contributed by atoms with Gasteiger partial charge in [-0.2, -0.15) is 10.5 Å². The van der Waals surface area contributed by atoms with Crippen molar-refractivity contribution < 1.29 is 0 Å². The van der Waals surface area contributed by atoms with Crippen LogP contribution in [0.15, 0.2) is 41.5 Å². The van der Waals surface area contributed by atoms with E-state index in [9.17, 15) is 10.1 Å². The lowest BCUT2D eigenvalue weighted by molar-refractivity contribution is 0.499. The van der Waals surface area contributed by atoms with Crippen LogP contribution in [-0.4, -0.2) is 9.55 Å². The zero-order valence-corrected chi connectivity index (χ0v) is 14.7. The van der Waals surface area contributed by atoms with Gasteiger partial charge in [-0.05, 0) is 30.2 Å². The van der Waals surface area contributed by atoms with Crippen LogP contribution in [0.4, 0.5) is 0 Å². The van der Waals surface area contributed by atoms with Crippen LogP contribution in [-0.2, 0) is 6.54 Å². The molecule has 5 nitrogen and oxygen atoms in total. The van der Waals surface area contributed by atoms with E-state index in [1.165, 1.54) is 22.2 Å². The number of fused-ring (bicyclic) bond motifs is 1. The van der Waals surface area contributed by atoms with Gasteiger partial charge in [-0.1, -0.05) is 23.7 Å². The Morgan fingerprint density at radius 2 is 2.04 bits per heavy atom. The van der Waals surface area contributed by atoms with Gasteiger partial charge < -0.3 is 0 Å². The van der Waals surface area contributed by atoms with Crippen LogP contribution in [0.25, 0.3) is 20.7 Å². The van der Waals surface area contributed by atoms with Crippen molar-refractivity contribution in [2.75, 3.05) is 0 Å². The number of nitrogens with zero attached hydrogens (tertiary/aromatic N) is 4. The molecule has 0 saturated carbocycles. The standard InChI is InChI=1S/C18H13ClN4OS/c19-14-5-3-13(4-6-14)16-8-15-17(25-16)18(24)23(11-22-15)10-12(9-21)2-1-7-20/h3-6,8,11-12H,1-2,10H2/t12-/m0/s1. The molecule has 0 aliphatic heterocycles. The summed E-state index contributed by atoms with van der Waals surface area (Å²) in [6.45, 7) is 0.244. The topological polar surface area (TPSA) is 82.5 Å². The number of benzene rings is 1. The molecule has 1 atom stereocenters. The van der Waals surface area contributed by atoms with E-state index in [1.54, 1.807) is 12.1 Å². The summed E-state index contributed by atoms with van der Waals surface area (Å²) in [4.78, 5) is 18.0. The summed E-state index contributed by atoms with van der Waals surface area (Å²) in [6, 6.07) is 13.5. The molecule has 0 unspecified atom stereocenters. The van der Waals surface area contributed by atoms with Gasteiger partial charge >= 0.3 is 0 Å². The highest BCUT2D eigenvalue weighted by Crippen LogP contribution is 2.31. The molecule has 0 amide bonds. The maximum atomic E-state index is 12.7. The fraction of sp³-hybridized carbons (Fsp3) is 0.222. The SMILES string of the molecule is N#CCC[C@@H](C#N)Cn1cnc2cc(-c3ccc(Cl)cc3)sc2c1=O. The van der Waals surface area contributed by atoms with E-state index < -0.39 is 0 Å². The molecule has 0 N–H and O–H groups in total. The minimum atomic E-state index is -0.382. The summed E-state index contributed by atoms with van der Waals surface area (Å²) in [7, 11) is 0. The summed E-state index contributed by atoms with van der Waals surface area (Å²) < 4.78 is 2.01. The highest BCUT2D eigenvalue weighted by Gasteiger charge is 2.14. The number of thiophene rings is 1. The molecule has 2 aromatic heterocycles. The first-order valence-electron chi connectivity index (χ1n) is 7.64. The predicted molar refractivity (Wildman–Crippen MR) is 98.3 cm³/mol. The highest BCUT2D eigenvalue weighted by atomic mass is 35.5. The number of halogens is 1. The summed E-state index contributed by atoms with van der Waals surface area (Å²) >= 11 is 7.29. The molecule has 3 rings (SSSR count). The molecule has 7 heteroatoms. The van der Waals surface area contributed by atoms with Crippen LogP contribution in [0.3, 0.4) is 0 Å². The molecular weight excluding hydrogens is 356 g/mol. The molecule has 0 radical (unpaired) electrons. The molecule has 1 aromatic carbocycles. The van der Waals surface area contributed by atoms with E-state index in [1.807, 2.05) is 24.3 Å². The highest BCUT2D eigenvalue weighted by molar-refractivity contribution is 7.22. The van der Waals surface area contributed by atoms with Gasteiger partial charge in [0.2, 0.25) is 0 Å². The summed E-state index contributed by atoms with van der Waals surface area (Å²) in [5.74, 6) is -0.382. The number of rotatable bonds is 5. The normalized spacial score (nSPS) is 11.8. The summed E-state index contributed by atoms with van der Waals surface area (Å²) in [5, 5.41) is 18.5.